The van der Waals surface area contributed by atoms with Gasteiger partial charge in [-0.2, -0.15) is 0 Å². The summed E-state index contributed by atoms with van der Waals surface area (Å²) < 4.78 is 5.39. The number of hydrogen-bond donors (Lipinski definition) is 2. The second-order valence-corrected chi connectivity index (χ2v) is 8.86. The molecule has 0 aromatic heterocycles. The van der Waals surface area contributed by atoms with E-state index in [9.17, 15) is 9.59 Å². The van der Waals surface area contributed by atoms with Crippen LogP contribution < -0.4 is 10.6 Å². The molecular formula is C22H34ClN5O3. The molecule has 2 atom stereocenters. The molecule has 2 aliphatic rings. The van der Waals surface area contributed by atoms with Crippen LogP contribution in [0.25, 0.3) is 0 Å². The van der Waals surface area contributed by atoms with Crippen LogP contribution in [0.2, 0.25) is 5.02 Å². The van der Waals surface area contributed by atoms with Crippen LogP contribution in [0.4, 0.5) is 10.5 Å². The molecule has 0 bridgehead atoms. The Morgan fingerprint density at radius 1 is 1.06 bits per heavy atom. The lowest BCUT2D eigenvalue weighted by atomic mass is 10.0. The lowest BCUT2D eigenvalue weighted by Gasteiger charge is -2.43. The molecule has 3 amide bonds. The number of rotatable bonds is 6. The largest absolute Gasteiger partial charge is 0.379 e. The first-order valence-electron chi connectivity index (χ1n) is 10.9. The molecule has 9 heteroatoms. The highest BCUT2D eigenvalue weighted by Gasteiger charge is 2.34. The van der Waals surface area contributed by atoms with Crippen LogP contribution in [-0.4, -0.2) is 98.3 Å². The maximum Gasteiger partial charge on any atom is 0.319 e. The number of hydrogen-bond acceptors (Lipinski definition) is 5. The maximum absolute atomic E-state index is 13.2. The van der Waals surface area contributed by atoms with Gasteiger partial charge in [-0.25, -0.2) is 4.79 Å². The fourth-order valence-electron chi connectivity index (χ4n) is 4.22. The summed E-state index contributed by atoms with van der Waals surface area (Å²) in [6, 6.07) is 6.21. The molecule has 2 saturated heterocycles. The summed E-state index contributed by atoms with van der Waals surface area (Å²) in [4.78, 5) is 32.4. The van der Waals surface area contributed by atoms with E-state index in [0.717, 1.165) is 26.2 Å². The number of nitrogens with zero attached hydrogens (tertiary/aromatic N) is 3. The quantitative estimate of drug-likeness (QED) is 0.692. The van der Waals surface area contributed by atoms with Gasteiger partial charge in [0.2, 0.25) is 5.91 Å². The monoisotopic (exact) mass is 451 g/mol. The Balaban J connectivity index is 1.54. The van der Waals surface area contributed by atoms with E-state index in [4.69, 9.17) is 16.3 Å². The summed E-state index contributed by atoms with van der Waals surface area (Å²) in [5, 5.41) is 6.12. The minimum atomic E-state index is -0.757. The van der Waals surface area contributed by atoms with Crippen molar-refractivity contribution >= 4 is 29.2 Å². The van der Waals surface area contributed by atoms with Crippen LogP contribution >= 0.6 is 11.6 Å². The van der Waals surface area contributed by atoms with Crippen molar-refractivity contribution in [2.75, 3.05) is 58.7 Å². The van der Waals surface area contributed by atoms with Crippen LogP contribution in [0.3, 0.4) is 0 Å². The Kier molecular flexibility index (Phi) is 8.54. The van der Waals surface area contributed by atoms with Gasteiger partial charge >= 0.3 is 6.03 Å². The average Bonchev–Trinajstić information content (AvgIpc) is 2.79. The van der Waals surface area contributed by atoms with E-state index in [1.807, 2.05) is 4.90 Å². The van der Waals surface area contributed by atoms with Crippen molar-refractivity contribution in [1.82, 2.24) is 20.0 Å². The van der Waals surface area contributed by atoms with Gasteiger partial charge in [0.05, 0.1) is 6.10 Å². The molecule has 0 unspecified atom stereocenters. The highest BCUT2D eigenvalue weighted by atomic mass is 35.5. The SMILES string of the molecule is CO[C@H](C)[C@H](NC(=O)Nc1ccc(Cl)cc1)C(=O)N1CCN(C2CCN(C)CC2)CC1. The predicted molar refractivity (Wildman–Crippen MR) is 123 cm³/mol. The molecule has 2 fully saturated rings. The smallest absolute Gasteiger partial charge is 0.319 e. The molecule has 2 heterocycles. The minimum absolute atomic E-state index is 0.108. The zero-order valence-corrected chi connectivity index (χ0v) is 19.4. The number of likely N-dealkylation sites (tertiary alicyclic amines) is 1. The zero-order chi connectivity index (χ0) is 22.4. The molecule has 0 radical (unpaired) electrons. The lowest BCUT2D eigenvalue weighted by Crippen LogP contribution is -2.60. The number of piperazine rings is 1. The molecule has 2 aliphatic heterocycles. The first-order chi connectivity index (χ1) is 14.9. The van der Waals surface area contributed by atoms with Gasteiger partial charge < -0.3 is 25.2 Å². The van der Waals surface area contributed by atoms with Gasteiger partial charge in [0.25, 0.3) is 0 Å². The third-order valence-corrected chi connectivity index (χ3v) is 6.58. The zero-order valence-electron chi connectivity index (χ0n) is 18.6. The van der Waals surface area contributed by atoms with E-state index in [0.29, 0.717) is 29.8 Å². The van der Waals surface area contributed by atoms with Crippen LogP contribution in [-0.2, 0) is 9.53 Å². The van der Waals surface area contributed by atoms with Crippen molar-refractivity contribution in [1.29, 1.82) is 0 Å². The summed E-state index contributed by atoms with van der Waals surface area (Å²) in [6.07, 6.45) is 1.91. The number of amides is 3. The summed E-state index contributed by atoms with van der Waals surface area (Å²) in [5.41, 5.74) is 0.602. The van der Waals surface area contributed by atoms with Crippen molar-refractivity contribution in [3.8, 4) is 0 Å². The average molecular weight is 452 g/mol. The van der Waals surface area contributed by atoms with E-state index >= 15 is 0 Å². The number of piperidine rings is 1. The van der Waals surface area contributed by atoms with Crippen molar-refractivity contribution in [2.45, 2.75) is 38.0 Å². The van der Waals surface area contributed by atoms with E-state index in [1.165, 1.54) is 12.8 Å². The van der Waals surface area contributed by atoms with Crippen molar-refractivity contribution in [2.24, 2.45) is 0 Å². The van der Waals surface area contributed by atoms with Crippen molar-refractivity contribution in [3.63, 3.8) is 0 Å². The molecule has 3 rings (SSSR count). The number of halogens is 1. The third kappa shape index (κ3) is 6.55. The number of anilines is 1. The van der Waals surface area contributed by atoms with Gasteiger partial charge in [0, 0.05) is 50.0 Å². The number of benzene rings is 1. The first-order valence-corrected chi connectivity index (χ1v) is 11.3. The topological polar surface area (TPSA) is 77.1 Å². The molecule has 0 aliphatic carbocycles. The second kappa shape index (κ2) is 11.1. The number of methoxy groups -OCH3 is 1. The Labute approximate surface area is 189 Å². The number of carbonyl (C=O) groups excluding carboxylic acids is 2. The van der Waals surface area contributed by atoms with Gasteiger partial charge in [-0.3, -0.25) is 9.69 Å². The van der Waals surface area contributed by atoms with Gasteiger partial charge in [-0.15, -0.1) is 0 Å². The Morgan fingerprint density at radius 3 is 2.26 bits per heavy atom. The molecule has 8 nitrogen and oxygen atoms in total. The van der Waals surface area contributed by atoms with Gasteiger partial charge in [-0.1, -0.05) is 11.6 Å². The molecular weight excluding hydrogens is 418 g/mol. The van der Waals surface area contributed by atoms with E-state index in [2.05, 4.69) is 27.5 Å². The Morgan fingerprint density at radius 2 is 1.68 bits per heavy atom. The fraction of sp³-hybridized carbons (Fsp3) is 0.636. The molecule has 172 valence electrons. The molecule has 1 aromatic rings. The molecule has 1 aromatic carbocycles. The van der Waals surface area contributed by atoms with Gasteiger partial charge in [0.15, 0.2) is 0 Å². The Hall–Kier alpha value is -1.87. The predicted octanol–water partition coefficient (Wildman–Crippen LogP) is 2.10. The number of carbonyl (C=O) groups is 2. The molecule has 31 heavy (non-hydrogen) atoms. The number of nitrogens with one attached hydrogen (secondary N) is 2. The van der Waals surface area contributed by atoms with E-state index in [-0.39, 0.29) is 5.91 Å². The summed E-state index contributed by atoms with van der Waals surface area (Å²) >= 11 is 5.89. The van der Waals surface area contributed by atoms with Crippen molar-refractivity contribution in [3.05, 3.63) is 29.3 Å². The second-order valence-electron chi connectivity index (χ2n) is 8.42. The Bertz CT molecular complexity index is 731. The first kappa shape index (κ1) is 23.8. The summed E-state index contributed by atoms with van der Waals surface area (Å²) in [6.45, 7) is 7.11. The highest BCUT2D eigenvalue weighted by Crippen LogP contribution is 2.18. The molecule has 2 N–H and O–H groups in total. The van der Waals surface area contributed by atoms with E-state index in [1.54, 1.807) is 38.3 Å². The van der Waals surface area contributed by atoms with Crippen molar-refractivity contribution < 1.29 is 14.3 Å². The van der Waals surface area contributed by atoms with E-state index < -0.39 is 18.2 Å². The highest BCUT2D eigenvalue weighted by molar-refractivity contribution is 6.30. The number of urea groups is 1. The summed E-state index contributed by atoms with van der Waals surface area (Å²) in [5.74, 6) is -0.108. The minimum Gasteiger partial charge on any atom is -0.379 e. The third-order valence-electron chi connectivity index (χ3n) is 6.33. The lowest BCUT2D eigenvalue weighted by molar-refractivity contribution is -0.138. The standard InChI is InChI=1S/C22H34ClN5O3/c1-16(31-3)20(25-22(30)24-18-6-4-17(23)5-7-18)21(29)28-14-12-27(13-15-28)19-8-10-26(2)11-9-19/h4-7,16,19-20H,8-15H2,1-3H3,(H2,24,25,30)/t16-,20+/m1/s1. The molecule has 0 saturated carbocycles. The number of ether oxygens (including phenoxy) is 1. The van der Waals surface area contributed by atoms with Gasteiger partial charge in [0.1, 0.15) is 6.04 Å². The fourth-order valence-corrected chi connectivity index (χ4v) is 4.35. The van der Waals surface area contributed by atoms with Crippen LogP contribution in [0, 0.1) is 0 Å². The molecule has 0 spiro atoms. The summed E-state index contributed by atoms with van der Waals surface area (Å²) in [7, 11) is 3.71. The van der Waals surface area contributed by atoms with Crippen LogP contribution in [0.1, 0.15) is 19.8 Å². The normalized spacial score (nSPS) is 20.8. The van der Waals surface area contributed by atoms with Gasteiger partial charge in [-0.05, 0) is 64.2 Å². The van der Waals surface area contributed by atoms with Crippen LogP contribution in [0.5, 0.6) is 0 Å². The van der Waals surface area contributed by atoms with Crippen LogP contribution in [0.15, 0.2) is 24.3 Å². The maximum atomic E-state index is 13.2.